The van der Waals surface area contributed by atoms with E-state index in [2.05, 4.69) is 0 Å². The van der Waals surface area contributed by atoms with Gasteiger partial charge in [0, 0.05) is 25.8 Å². The maximum atomic E-state index is 13.0. The number of halogens is 2. The van der Waals surface area contributed by atoms with Gasteiger partial charge >= 0.3 is 0 Å². The lowest BCUT2D eigenvalue weighted by atomic mass is 10.0. The summed E-state index contributed by atoms with van der Waals surface area (Å²) in [4.78, 5) is 1.62. The fraction of sp³-hybridized carbons (Fsp3) is 0.400. The average molecular weight is 216 g/mol. The summed E-state index contributed by atoms with van der Waals surface area (Å²) in [5.74, 6) is -1.88. The Bertz CT molecular complexity index is 356. The van der Waals surface area contributed by atoms with E-state index >= 15 is 0 Å². The van der Waals surface area contributed by atoms with Gasteiger partial charge in [-0.1, -0.05) is 0 Å². The zero-order valence-electron chi connectivity index (χ0n) is 8.67. The molecule has 0 saturated carbocycles. The van der Waals surface area contributed by atoms with Gasteiger partial charge in [-0.15, -0.1) is 0 Å². The first-order valence-electron chi connectivity index (χ1n) is 4.50. The number of hydrogen-bond donors (Lipinski definition) is 2. The van der Waals surface area contributed by atoms with Crippen LogP contribution in [0.2, 0.25) is 0 Å². The maximum Gasteiger partial charge on any atom is 0.160 e. The number of aliphatic hydroxyl groups excluding tert-OH is 1. The molecule has 5 heteroatoms. The number of benzene rings is 1. The van der Waals surface area contributed by atoms with Crippen molar-refractivity contribution in [1.82, 2.24) is 0 Å². The van der Waals surface area contributed by atoms with Crippen molar-refractivity contribution in [3.05, 3.63) is 29.3 Å². The van der Waals surface area contributed by atoms with E-state index in [1.165, 1.54) is 0 Å². The molecule has 0 saturated heterocycles. The molecule has 0 amide bonds. The molecule has 0 aliphatic rings. The summed E-state index contributed by atoms with van der Waals surface area (Å²) in [6, 6.07) is 1.38. The smallest absolute Gasteiger partial charge is 0.160 e. The van der Waals surface area contributed by atoms with E-state index in [0.717, 1.165) is 12.1 Å². The second-order valence-corrected chi connectivity index (χ2v) is 3.51. The molecule has 1 aromatic carbocycles. The van der Waals surface area contributed by atoms with Crippen LogP contribution in [-0.2, 0) is 0 Å². The molecule has 0 bridgehead atoms. The molecule has 0 aliphatic heterocycles. The topological polar surface area (TPSA) is 49.5 Å². The lowest BCUT2D eigenvalue weighted by molar-refractivity contribution is 0.267. The van der Waals surface area contributed by atoms with Crippen LogP contribution < -0.4 is 10.6 Å². The van der Waals surface area contributed by atoms with Gasteiger partial charge in [0.05, 0.1) is 12.6 Å². The maximum absolute atomic E-state index is 13.0. The highest BCUT2D eigenvalue weighted by atomic mass is 19.2. The first-order chi connectivity index (χ1) is 6.97. The first kappa shape index (κ1) is 11.9. The quantitative estimate of drug-likeness (QED) is 0.793. The fourth-order valence-electron chi connectivity index (χ4n) is 1.33. The molecule has 0 aromatic heterocycles. The van der Waals surface area contributed by atoms with Crippen LogP contribution in [0.25, 0.3) is 0 Å². The molecular formula is C10H14F2N2O. The SMILES string of the molecule is CN(C)c1cc(F)c(F)cc1C(N)CO. The molecular weight excluding hydrogens is 202 g/mol. The van der Waals surface area contributed by atoms with Crippen molar-refractivity contribution in [2.75, 3.05) is 25.6 Å². The van der Waals surface area contributed by atoms with Crippen LogP contribution in [-0.4, -0.2) is 25.8 Å². The van der Waals surface area contributed by atoms with Crippen LogP contribution in [0.15, 0.2) is 12.1 Å². The van der Waals surface area contributed by atoms with E-state index in [1.807, 2.05) is 0 Å². The Morgan fingerprint density at radius 1 is 1.33 bits per heavy atom. The molecule has 0 aliphatic carbocycles. The summed E-state index contributed by atoms with van der Waals surface area (Å²) >= 11 is 0. The van der Waals surface area contributed by atoms with E-state index in [9.17, 15) is 8.78 Å². The van der Waals surface area contributed by atoms with Crippen LogP contribution in [0.1, 0.15) is 11.6 Å². The van der Waals surface area contributed by atoms with Crippen molar-refractivity contribution in [2.24, 2.45) is 5.73 Å². The predicted octanol–water partition coefficient (Wildman–Crippen LogP) is 1.02. The molecule has 3 nitrogen and oxygen atoms in total. The molecule has 1 aromatic rings. The van der Waals surface area contributed by atoms with Gasteiger partial charge in [0.15, 0.2) is 11.6 Å². The third-order valence-electron chi connectivity index (χ3n) is 2.15. The zero-order chi connectivity index (χ0) is 11.6. The zero-order valence-corrected chi connectivity index (χ0v) is 8.67. The monoisotopic (exact) mass is 216 g/mol. The van der Waals surface area contributed by atoms with E-state index in [1.54, 1.807) is 19.0 Å². The molecule has 1 rings (SSSR count). The number of nitrogens with zero attached hydrogens (tertiary/aromatic N) is 1. The number of anilines is 1. The number of hydrogen-bond acceptors (Lipinski definition) is 3. The molecule has 1 unspecified atom stereocenters. The summed E-state index contributed by atoms with van der Waals surface area (Å²) in [7, 11) is 3.39. The van der Waals surface area contributed by atoms with Gasteiger partial charge in [-0.25, -0.2) is 8.78 Å². The molecule has 1 atom stereocenters. The fourth-order valence-corrected chi connectivity index (χ4v) is 1.33. The minimum atomic E-state index is -0.959. The predicted molar refractivity (Wildman–Crippen MR) is 54.7 cm³/mol. The number of nitrogens with two attached hydrogens (primary N) is 1. The van der Waals surface area contributed by atoms with Crippen molar-refractivity contribution < 1.29 is 13.9 Å². The van der Waals surface area contributed by atoms with Crippen LogP contribution in [0.4, 0.5) is 14.5 Å². The number of rotatable bonds is 3. The molecule has 3 N–H and O–H groups in total. The van der Waals surface area contributed by atoms with Crippen LogP contribution >= 0.6 is 0 Å². The molecule has 84 valence electrons. The minimum absolute atomic E-state index is 0.314. The summed E-state index contributed by atoms with van der Waals surface area (Å²) in [6.07, 6.45) is 0. The van der Waals surface area contributed by atoms with E-state index in [-0.39, 0.29) is 6.61 Å². The van der Waals surface area contributed by atoms with E-state index in [0.29, 0.717) is 11.3 Å². The third-order valence-corrected chi connectivity index (χ3v) is 2.15. The summed E-state index contributed by atoms with van der Waals surface area (Å²) in [5.41, 5.74) is 6.44. The van der Waals surface area contributed by atoms with Crippen LogP contribution in [0, 0.1) is 11.6 Å². The Hall–Kier alpha value is -1.20. The molecule has 0 radical (unpaired) electrons. The van der Waals surface area contributed by atoms with Crippen molar-refractivity contribution in [1.29, 1.82) is 0 Å². The highest BCUT2D eigenvalue weighted by Crippen LogP contribution is 2.26. The van der Waals surface area contributed by atoms with Crippen molar-refractivity contribution in [3.8, 4) is 0 Å². The summed E-state index contributed by atoms with van der Waals surface area (Å²) in [6.45, 7) is -0.314. The van der Waals surface area contributed by atoms with Gasteiger partial charge in [-0.2, -0.15) is 0 Å². The molecule has 15 heavy (non-hydrogen) atoms. The lowest BCUT2D eigenvalue weighted by Crippen LogP contribution is -2.20. The average Bonchev–Trinajstić information content (AvgIpc) is 2.20. The Morgan fingerprint density at radius 3 is 2.33 bits per heavy atom. The van der Waals surface area contributed by atoms with Gasteiger partial charge in [-0.3, -0.25) is 0 Å². The van der Waals surface area contributed by atoms with Crippen LogP contribution in [0.5, 0.6) is 0 Å². The Labute approximate surface area is 87.1 Å². The lowest BCUT2D eigenvalue weighted by Gasteiger charge is -2.20. The van der Waals surface area contributed by atoms with Crippen molar-refractivity contribution in [2.45, 2.75) is 6.04 Å². The van der Waals surface area contributed by atoms with Crippen molar-refractivity contribution >= 4 is 5.69 Å². The second kappa shape index (κ2) is 4.55. The largest absolute Gasteiger partial charge is 0.394 e. The normalized spacial score (nSPS) is 12.7. The van der Waals surface area contributed by atoms with Gasteiger partial charge in [0.2, 0.25) is 0 Å². The van der Waals surface area contributed by atoms with E-state index < -0.39 is 17.7 Å². The van der Waals surface area contributed by atoms with Gasteiger partial charge < -0.3 is 15.7 Å². The van der Waals surface area contributed by atoms with Gasteiger partial charge in [-0.05, 0) is 11.6 Å². The van der Waals surface area contributed by atoms with Crippen molar-refractivity contribution in [3.63, 3.8) is 0 Å². The molecule has 0 heterocycles. The first-order valence-corrected chi connectivity index (χ1v) is 4.50. The van der Waals surface area contributed by atoms with Gasteiger partial charge in [0.1, 0.15) is 0 Å². The highest BCUT2D eigenvalue weighted by molar-refractivity contribution is 5.54. The molecule has 0 fully saturated rings. The van der Waals surface area contributed by atoms with Crippen LogP contribution in [0.3, 0.4) is 0 Å². The third kappa shape index (κ3) is 2.43. The second-order valence-electron chi connectivity index (χ2n) is 3.51. The summed E-state index contributed by atoms with van der Waals surface area (Å²) in [5, 5.41) is 8.89. The molecule has 0 spiro atoms. The minimum Gasteiger partial charge on any atom is -0.394 e. The number of aliphatic hydroxyl groups is 1. The van der Waals surface area contributed by atoms with Gasteiger partial charge in [0.25, 0.3) is 0 Å². The Morgan fingerprint density at radius 2 is 1.87 bits per heavy atom. The Kier molecular flexibility index (Phi) is 3.60. The van der Waals surface area contributed by atoms with E-state index in [4.69, 9.17) is 10.8 Å². The highest BCUT2D eigenvalue weighted by Gasteiger charge is 2.16. The Balaban J connectivity index is 3.28. The summed E-state index contributed by atoms with van der Waals surface area (Å²) < 4.78 is 26.0. The standard InChI is InChI=1S/C10H14F2N2O/c1-14(2)10-4-8(12)7(11)3-6(10)9(13)5-15/h3-4,9,15H,5,13H2,1-2H3.